The SMILES string of the molecule is O=C(O)n1c(=O)[nH]c2ncncc21. The Morgan fingerprint density at radius 2 is 2.38 bits per heavy atom. The van der Waals surface area contributed by atoms with E-state index in [4.69, 9.17) is 5.11 Å². The first-order chi connectivity index (χ1) is 6.20. The van der Waals surface area contributed by atoms with Gasteiger partial charge in [0.05, 0.1) is 6.20 Å². The van der Waals surface area contributed by atoms with Crippen molar-refractivity contribution in [1.29, 1.82) is 0 Å². The molecule has 0 aromatic carbocycles. The number of H-pyrrole nitrogens is 1. The van der Waals surface area contributed by atoms with Crippen LogP contribution in [-0.4, -0.2) is 30.7 Å². The van der Waals surface area contributed by atoms with Gasteiger partial charge in [0, 0.05) is 0 Å². The van der Waals surface area contributed by atoms with Crippen LogP contribution in [-0.2, 0) is 0 Å². The van der Waals surface area contributed by atoms with Crippen LogP contribution in [0.3, 0.4) is 0 Å². The van der Waals surface area contributed by atoms with Gasteiger partial charge in [0.25, 0.3) is 0 Å². The lowest BCUT2D eigenvalue weighted by Crippen LogP contribution is -2.22. The van der Waals surface area contributed by atoms with E-state index in [1.165, 1.54) is 12.5 Å². The number of nitrogens with one attached hydrogen (secondary N) is 1. The standard InChI is InChI=1S/C6H4N4O3/c11-5-9-4-3(1-7-2-8-4)10(5)6(12)13/h1-2H,(H,12,13)(H,7,8,9,11). The molecule has 0 aliphatic rings. The van der Waals surface area contributed by atoms with Gasteiger partial charge in [0.15, 0.2) is 5.65 Å². The minimum absolute atomic E-state index is 0.153. The summed E-state index contributed by atoms with van der Waals surface area (Å²) in [6.45, 7) is 0. The molecular weight excluding hydrogens is 176 g/mol. The van der Waals surface area contributed by atoms with Crippen LogP contribution in [0, 0.1) is 0 Å². The molecule has 0 bridgehead atoms. The van der Waals surface area contributed by atoms with Crippen molar-refractivity contribution in [2.45, 2.75) is 0 Å². The van der Waals surface area contributed by atoms with Crippen molar-refractivity contribution in [1.82, 2.24) is 19.5 Å². The maximum absolute atomic E-state index is 11.0. The fourth-order valence-corrected chi connectivity index (χ4v) is 1.04. The number of fused-ring (bicyclic) bond motifs is 1. The van der Waals surface area contributed by atoms with Gasteiger partial charge in [0.1, 0.15) is 11.8 Å². The minimum Gasteiger partial charge on any atom is -0.464 e. The van der Waals surface area contributed by atoms with E-state index in [0.29, 0.717) is 4.57 Å². The molecule has 0 saturated heterocycles. The quantitative estimate of drug-likeness (QED) is 0.576. The minimum atomic E-state index is -1.36. The van der Waals surface area contributed by atoms with Gasteiger partial charge in [-0.2, -0.15) is 4.57 Å². The summed E-state index contributed by atoms with van der Waals surface area (Å²) in [6.07, 6.45) is 1.13. The lowest BCUT2D eigenvalue weighted by atomic mass is 10.5. The molecular formula is C6H4N4O3. The van der Waals surface area contributed by atoms with Crippen molar-refractivity contribution in [3.8, 4) is 0 Å². The average molecular weight is 180 g/mol. The normalized spacial score (nSPS) is 10.5. The molecule has 7 nitrogen and oxygen atoms in total. The van der Waals surface area contributed by atoms with Gasteiger partial charge >= 0.3 is 11.8 Å². The Bertz CT molecular complexity index is 526. The molecule has 2 aromatic rings. The zero-order valence-electron chi connectivity index (χ0n) is 6.26. The molecule has 13 heavy (non-hydrogen) atoms. The predicted molar refractivity (Wildman–Crippen MR) is 41.6 cm³/mol. The Morgan fingerprint density at radius 3 is 3.08 bits per heavy atom. The fourth-order valence-electron chi connectivity index (χ4n) is 1.04. The van der Waals surface area contributed by atoms with Crippen molar-refractivity contribution in [2.24, 2.45) is 0 Å². The zero-order valence-corrected chi connectivity index (χ0v) is 6.26. The van der Waals surface area contributed by atoms with E-state index < -0.39 is 11.8 Å². The number of carbonyl (C=O) groups is 1. The summed E-state index contributed by atoms with van der Waals surface area (Å²) in [7, 11) is 0. The Kier molecular flexibility index (Phi) is 1.38. The largest absolute Gasteiger partial charge is 0.464 e. The number of aromatic amines is 1. The molecule has 0 amide bonds. The van der Waals surface area contributed by atoms with Gasteiger partial charge in [-0.15, -0.1) is 0 Å². The molecule has 0 unspecified atom stereocenters. The van der Waals surface area contributed by atoms with Gasteiger partial charge in [-0.25, -0.2) is 19.6 Å². The van der Waals surface area contributed by atoms with E-state index in [0.717, 1.165) is 0 Å². The summed E-state index contributed by atoms with van der Waals surface area (Å²) in [5.41, 5.74) is -0.370. The van der Waals surface area contributed by atoms with Gasteiger partial charge in [0.2, 0.25) is 0 Å². The molecule has 2 heterocycles. The lowest BCUT2D eigenvalue weighted by Gasteiger charge is -1.91. The highest BCUT2D eigenvalue weighted by Crippen LogP contribution is 2.02. The van der Waals surface area contributed by atoms with Crippen LogP contribution in [0.15, 0.2) is 17.3 Å². The second-order valence-corrected chi connectivity index (χ2v) is 2.30. The van der Waals surface area contributed by atoms with Crippen LogP contribution < -0.4 is 5.69 Å². The van der Waals surface area contributed by atoms with E-state index in [-0.39, 0.29) is 11.2 Å². The van der Waals surface area contributed by atoms with Gasteiger partial charge in [-0.1, -0.05) is 0 Å². The van der Waals surface area contributed by atoms with Crippen LogP contribution in [0.4, 0.5) is 4.79 Å². The highest BCUT2D eigenvalue weighted by atomic mass is 16.4. The maximum atomic E-state index is 11.0. The summed E-state index contributed by atoms with van der Waals surface area (Å²) in [6, 6.07) is 0. The summed E-state index contributed by atoms with van der Waals surface area (Å²) in [4.78, 5) is 31.2. The Morgan fingerprint density at radius 1 is 1.62 bits per heavy atom. The third kappa shape index (κ3) is 0.975. The number of hydrogen-bond acceptors (Lipinski definition) is 4. The number of aromatic nitrogens is 4. The van der Waals surface area contributed by atoms with Crippen molar-refractivity contribution in [3.63, 3.8) is 0 Å². The van der Waals surface area contributed by atoms with E-state index in [9.17, 15) is 9.59 Å². The monoisotopic (exact) mass is 180 g/mol. The van der Waals surface area contributed by atoms with Crippen molar-refractivity contribution in [3.05, 3.63) is 23.0 Å². The smallest absolute Gasteiger partial charge is 0.420 e. The molecule has 2 rings (SSSR count). The van der Waals surface area contributed by atoms with Gasteiger partial charge < -0.3 is 5.11 Å². The Balaban J connectivity index is 2.95. The second kappa shape index (κ2) is 2.41. The van der Waals surface area contributed by atoms with Crippen LogP contribution in [0.25, 0.3) is 11.2 Å². The fraction of sp³-hybridized carbons (Fsp3) is 0. The number of nitrogens with zero attached hydrogens (tertiary/aromatic N) is 3. The lowest BCUT2D eigenvalue weighted by molar-refractivity contribution is 0.196. The molecule has 0 aliphatic carbocycles. The van der Waals surface area contributed by atoms with Gasteiger partial charge in [-0.3, -0.25) is 4.98 Å². The number of imidazole rings is 1. The first-order valence-electron chi connectivity index (χ1n) is 3.34. The summed E-state index contributed by atoms with van der Waals surface area (Å²) in [5, 5.41) is 8.64. The Labute approximate surface area is 70.7 Å². The second-order valence-electron chi connectivity index (χ2n) is 2.30. The summed E-state index contributed by atoms with van der Waals surface area (Å²) < 4.78 is 0.551. The van der Waals surface area contributed by atoms with Crippen molar-refractivity contribution < 1.29 is 9.90 Å². The molecule has 0 spiro atoms. The molecule has 0 atom stereocenters. The molecule has 66 valence electrons. The first-order valence-corrected chi connectivity index (χ1v) is 3.34. The van der Waals surface area contributed by atoms with Crippen molar-refractivity contribution in [2.75, 3.05) is 0 Å². The molecule has 2 aromatic heterocycles. The molecule has 0 radical (unpaired) electrons. The van der Waals surface area contributed by atoms with E-state index in [1.807, 2.05) is 0 Å². The first kappa shape index (κ1) is 7.47. The number of rotatable bonds is 0. The highest BCUT2D eigenvalue weighted by Gasteiger charge is 2.12. The maximum Gasteiger partial charge on any atom is 0.420 e. The van der Waals surface area contributed by atoms with E-state index >= 15 is 0 Å². The van der Waals surface area contributed by atoms with Gasteiger partial charge in [-0.05, 0) is 0 Å². The number of carboxylic acid groups (broad SMARTS) is 1. The Hall–Kier alpha value is -2.18. The number of hydrogen-bond donors (Lipinski definition) is 2. The summed E-state index contributed by atoms with van der Waals surface area (Å²) in [5.74, 6) is 0. The van der Waals surface area contributed by atoms with Crippen LogP contribution in [0.2, 0.25) is 0 Å². The third-order valence-electron chi connectivity index (χ3n) is 1.55. The topological polar surface area (TPSA) is 101 Å². The molecule has 0 saturated carbocycles. The van der Waals surface area contributed by atoms with E-state index in [1.54, 1.807) is 0 Å². The third-order valence-corrected chi connectivity index (χ3v) is 1.55. The predicted octanol–water partition coefficient (Wildman–Crippen LogP) is -0.354. The molecule has 0 aliphatic heterocycles. The van der Waals surface area contributed by atoms with Crippen molar-refractivity contribution >= 4 is 17.3 Å². The summed E-state index contributed by atoms with van der Waals surface area (Å²) >= 11 is 0. The van der Waals surface area contributed by atoms with Crippen LogP contribution >= 0.6 is 0 Å². The van der Waals surface area contributed by atoms with Crippen LogP contribution in [0.1, 0.15) is 0 Å². The zero-order chi connectivity index (χ0) is 9.42. The average Bonchev–Trinajstić information content (AvgIpc) is 2.39. The molecule has 2 N–H and O–H groups in total. The molecule has 0 fully saturated rings. The van der Waals surface area contributed by atoms with Crippen LogP contribution in [0.5, 0.6) is 0 Å². The highest BCUT2D eigenvalue weighted by molar-refractivity contribution is 5.82. The molecule has 7 heteroatoms. The van der Waals surface area contributed by atoms with E-state index in [2.05, 4.69) is 15.0 Å².